The van der Waals surface area contributed by atoms with Gasteiger partial charge < -0.3 is 4.74 Å². The minimum absolute atomic E-state index is 0.273. The highest BCUT2D eigenvalue weighted by Crippen LogP contribution is 2.29. The molecule has 1 aliphatic heterocycles. The molecule has 0 fully saturated rings. The van der Waals surface area contributed by atoms with Crippen LogP contribution in [-0.2, 0) is 11.2 Å². The Morgan fingerprint density at radius 1 is 1.21 bits per heavy atom. The molecule has 0 radical (unpaired) electrons. The van der Waals surface area contributed by atoms with E-state index in [9.17, 15) is 4.79 Å². The van der Waals surface area contributed by atoms with Crippen molar-refractivity contribution < 1.29 is 9.53 Å². The first-order valence-electron chi connectivity index (χ1n) is 8.52. The number of hydrogen-bond acceptors (Lipinski definition) is 4. The van der Waals surface area contributed by atoms with Crippen LogP contribution in [0.1, 0.15) is 16.0 Å². The largest absolute Gasteiger partial charge is 0.464 e. The lowest BCUT2D eigenvalue weighted by molar-refractivity contribution is -0.112. The number of carbonyl (C=O) groups is 1. The van der Waals surface area contributed by atoms with Gasteiger partial charge in [0.05, 0.1) is 11.3 Å². The molecule has 0 spiro atoms. The highest BCUT2D eigenvalue weighted by atomic mass is 79.9. The average Bonchev–Trinajstić information content (AvgIpc) is 3.00. The second-order valence-electron chi connectivity index (χ2n) is 6.21. The quantitative estimate of drug-likeness (QED) is 0.425. The third-order valence-corrected chi connectivity index (χ3v) is 6.50. The maximum Gasteiger partial charge on any atom is 0.257 e. The highest BCUT2D eigenvalue weighted by molar-refractivity contribution is 9.10. The maximum atomic E-state index is 12.7. The summed E-state index contributed by atoms with van der Waals surface area (Å²) in [5.41, 5.74) is 2.25. The van der Waals surface area contributed by atoms with Crippen LogP contribution in [0.5, 0.6) is 5.75 Å². The van der Waals surface area contributed by atoms with Gasteiger partial charge in [0.25, 0.3) is 5.91 Å². The molecule has 0 atom stereocenters. The van der Waals surface area contributed by atoms with Crippen molar-refractivity contribution in [1.29, 1.82) is 0 Å². The van der Waals surface area contributed by atoms with Gasteiger partial charge in [-0.2, -0.15) is 0 Å². The number of halogens is 3. The fourth-order valence-corrected chi connectivity index (χ4v) is 4.22. The minimum Gasteiger partial charge on any atom is -0.464 e. The van der Waals surface area contributed by atoms with Gasteiger partial charge in [0, 0.05) is 38.1 Å². The van der Waals surface area contributed by atoms with E-state index < -0.39 is 0 Å². The molecule has 2 heterocycles. The Kier molecular flexibility index (Phi) is 6.06. The molecule has 1 aromatic heterocycles. The van der Waals surface area contributed by atoms with Crippen LogP contribution in [0.2, 0.25) is 10.0 Å². The van der Waals surface area contributed by atoms with E-state index in [4.69, 9.17) is 27.9 Å². The van der Waals surface area contributed by atoms with Crippen LogP contribution in [0.15, 0.2) is 65.0 Å². The normalized spacial score (nSPS) is 12.6. The number of ether oxygens (including phenoxy) is 1. The van der Waals surface area contributed by atoms with Crippen molar-refractivity contribution in [2.24, 2.45) is 0 Å². The summed E-state index contributed by atoms with van der Waals surface area (Å²) in [5, 5.41) is 4.60. The van der Waals surface area contributed by atoms with Crippen molar-refractivity contribution in [3.05, 3.63) is 91.0 Å². The molecule has 2 aromatic carbocycles. The van der Waals surface area contributed by atoms with Crippen molar-refractivity contribution in [3.8, 4) is 5.75 Å². The number of aromatic nitrogens is 1. The molecular weight excluding hydrogens is 495 g/mol. The molecule has 0 saturated heterocycles. The van der Waals surface area contributed by atoms with E-state index in [-0.39, 0.29) is 5.91 Å². The van der Waals surface area contributed by atoms with Gasteiger partial charge in [0.2, 0.25) is 0 Å². The van der Waals surface area contributed by atoms with Gasteiger partial charge in [0.1, 0.15) is 5.75 Å². The summed E-state index contributed by atoms with van der Waals surface area (Å²) in [6.45, 7) is 0. The Hall–Kier alpha value is -2.12. The van der Waals surface area contributed by atoms with Crippen LogP contribution in [0, 0.1) is 0 Å². The summed E-state index contributed by atoms with van der Waals surface area (Å²) in [5.74, 6) is 0.364. The van der Waals surface area contributed by atoms with Crippen LogP contribution < -0.4 is 10.1 Å². The average molecular weight is 508 g/mol. The second-order valence-corrected chi connectivity index (χ2v) is 9.03. The first-order valence-corrected chi connectivity index (χ1v) is 10.9. The number of amides is 1. The van der Waals surface area contributed by atoms with Crippen LogP contribution in [0.4, 0.5) is 5.13 Å². The molecule has 8 heteroatoms. The van der Waals surface area contributed by atoms with Crippen molar-refractivity contribution in [2.45, 2.75) is 6.42 Å². The van der Waals surface area contributed by atoms with Crippen molar-refractivity contribution in [2.75, 3.05) is 5.32 Å². The lowest BCUT2D eigenvalue weighted by atomic mass is 10.1. The lowest BCUT2D eigenvalue weighted by Crippen LogP contribution is -2.12. The van der Waals surface area contributed by atoms with E-state index in [0.717, 1.165) is 20.5 Å². The van der Waals surface area contributed by atoms with Gasteiger partial charge in [-0.25, -0.2) is 4.98 Å². The predicted molar refractivity (Wildman–Crippen MR) is 122 cm³/mol. The van der Waals surface area contributed by atoms with Crippen LogP contribution >= 0.6 is 50.5 Å². The van der Waals surface area contributed by atoms with Gasteiger partial charge in [-0.3, -0.25) is 10.1 Å². The van der Waals surface area contributed by atoms with Crippen molar-refractivity contribution in [1.82, 2.24) is 4.98 Å². The summed E-state index contributed by atoms with van der Waals surface area (Å²) in [7, 11) is 0. The van der Waals surface area contributed by atoms with Crippen LogP contribution in [0.3, 0.4) is 0 Å². The Balaban J connectivity index is 1.48. The van der Waals surface area contributed by atoms with E-state index in [1.54, 1.807) is 36.5 Å². The molecule has 29 heavy (non-hydrogen) atoms. The van der Waals surface area contributed by atoms with E-state index in [0.29, 0.717) is 32.9 Å². The standard InChI is InChI=1S/C21H13BrCl2N2O2S/c22-17-3-1-12(8-18(17)24)7-16-11-25-21(29-16)26-20(27)13-5-6-28-19-4-2-15(23)10-14(19)9-13/h1-6,8-11H,7H2,(H,25,26,27). The summed E-state index contributed by atoms with van der Waals surface area (Å²) in [4.78, 5) is 18.0. The Morgan fingerprint density at radius 2 is 2.07 bits per heavy atom. The van der Waals surface area contributed by atoms with Gasteiger partial charge in [0.15, 0.2) is 5.13 Å². The topological polar surface area (TPSA) is 51.2 Å². The summed E-state index contributed by atoms with van der Waals surface area (Å²) >= 11 is 17.0. The molecule has 0 bridgehead atoms. The van der Waals surface area contributed by atoms with Crippen molar-refractivity contribution >= 4 is 67.6 Å². The molecule has 1 N–H and O–H groups in total. The molecule has 146 valence electrons. The lowest BCUT2D eigenvalue weighted by Gasteiger charge is -2.04. The third kappa shape index (κ3) is 4.90. The van der Waals surface area contributed by atoms with Crippen molar-refractivity contribution in [3.63, 3.8) is 0 Å². The number of thiazole rings is 1. The maximum absolute atomic E-state index is 12.7. The van der Waals surface area contributed by atoms with E-state index in [1.165, 1.54) is 17.6 Å². The van der Waals surface area contributed by atoms with Gasteiger partial charge >= 0.3 is 0 Å². The smallest absolute Gasteiger partial charge is 0.257 e. The fourth-order valence-electron chi connectivity index (χ4n) is 2.74. The third-order valence-electron chi connectivity index (χ3n) is 4.12. The first kappa shape index (κ1) is 20.2. The number of hydrogen-bond donors (Lipinski definition) is 1. The predicted octanol–water partition coefficient (Wildman–Crippen LogP) is 6.73. The fraction of sp³-hybridized carbons (Fsp3) is 0.0476. The van der Waals surface area contributed by atoms with Gasteiger partial charge in [-0.15, -0.1) is 11.3 Å². The molecule has 0 unspecified atom stereocenters. The van der Waals surface area contributed by atoms with E-state index in [2.05, 4.69) is 26.2 Å². The summed E-state index contributed by atoms with van der Waals surface area (Å²) < 4.78 is 6.38. The Bertz CT molecular complexity index is 1160. The molecule has 0 saturated carbocycles. The molecule has 4 rings (SSSR count). The molecule has 1 aliphatic rings. The zero-order valence-corrected chi connectivity index (χ0v) is 18.7. The zero-order valence-electron chi connectivity index (χ0n) is 14.8. The molecule has 4 nitrogen and oxygen atoms in total. The van der Waals surface area contributed by atoms with Crippen LogP contribution in [0.25, 0.3) is 6.08 Å². The SMILES string of the molecule is O=C(Nc1ncc(Cc2ccc(Br)c(Cl)c2)s1)C1=Cc2cc(Cl)ccc2OC=C1. The number of carbonyl (C=O) groups excluding carboxylic acids is 1. The number of fused-ring (bicyclic) bond motifs is 1. The number of nitrogens with zero attached hydrogens (tertiary/aromatic N) is 1. The number of benzene rings is 2. The molecule has 1 amide bonds. The number of nitrogens with one attached hydrogen (secondary N) is 1. The first-order chi connectivity index (χ1) is 14.0. The zero-order chi connectivity index (χ0) is 20.4. The van der Waals surface area contributed by atoms with Gasteiger partial charge in [-0.1, -0.05) is 29.3 Å². The Morgan fingerprint density at radius 3 is 2.90 bits per heavy atom. The van der Waals surface area contributed by atoms with E-state index in [1.807, 2.05) is 18.2 Å². The highest BCUT2D eigenvalue weighted by Gasteiger charge is 2.14. The monoisotopic (exact) mass is 506 g/mol. The van der Waals surface area contributed by atoms with E-state index >= 15 is 0 Å². The minimum atomic E-state index is -0.273. The molecular formula is C21H13BrCl2N2O2S. The molecule has 3 aromatic rings. The van der Waals surface area contributed by atoms with Gasteiger partial charge in [-0.05, 0) is 64.0 Å². The number of rotatable bonds is 4. The second kappa shape index (κ2) is 8.71. The molecule has 0 aliphatic carbocycles. The number of anilines is 1. The summed E-state index contributed by atoms with van der Waals surface area (Å²) in [6, 6.07) is 11.1. The summed E-state index contributed by atoms with van der Waals surface area (Å²) in [6.07, 6.45) is 7.27. The van der Waals surface area contributed by atoms with Crippen LogP contribution in [-0.4, -0.2) is 10.9 Å². The Labute approximate surface area is 190 Å².